The molecule has 1 heterocycles. The van der Waals surface area contributed by atoms with E-state index in [-0.39, 0.29) is 11.5 Å². The minimum Gasteiger partial charge on any atom is -0.481 e. The highest BCUT2D eigenvalue weighted by Crippen LogP contribution is 2.28. The molecule has 1 saturated heterocycles. The maximum Gasteiger partial charge on any atom is 0.306 e. The Morgan fingerprint density at radius 1 is 1.31 bits per heavy atom. The van der Waals surface area contributed by atoms with Crippen LogP contribution in [0.5, 0.6) is 0 Å². The highest BCUT2D eigenvalue weighted by Gasteiger charge is 2.31. The fourth-order valence-electron chi connectivity index (χ4n) is 2.58. The molecule has 0 radical (unpaired) electrons. The number of hydrogen-bond acceptors (Lipinski definition) is 2. The molecule has 0 aromatic carbocycles. The summed E-state index contributed by atoms with van der Waals surface area (Å²) in [7, 11) is 0. The van der Waals surface area contributed by atoms with Crippen molar-refractivity contribution < 1.29 is 9.90 Å². The molecule has 3 heteroatoms. The SMILES string of the molecule is CCC(C)(CC)N1CCCC(C(=O)O)CC1. The van der Waals surface area contributed by atoms with Crippen LogP contribution in [-0.4, -0.2) is 34.6 Å². The van der Waals surface area contributed by atoms with Crippen LogP contribution in [0.2, 0.25) is 0 Å². The van der Waals surface area contributed by atoms with E-state index in [2.05, 4.69) is 25.7 Å². The van der Waals surface area contributed by atoms with Gasteiger partial charge in [0.25, 0.3) is 0 Å². The smallest absolute Gasteiger partial charge is 0.306 e. The summed E-state index contributed by atoms with van der Waals surface area (Å²) in [6, 6.07) is 0. The van der Waals surface area contributed by atoms with E-state index >= 15 is 0 Å². The first-order valence-corrected chi connectivity index (χ1v) is 6.51. The molecule has 3 nitrogen and oxygen atoms in total. The summed E-state index contributed by atoms with van der Waals surface area (Å²) in [6.07, 6.45) is 4.95. The maximum absolute atomic E-state index is 11.0. The van der Waals surface area contributed by atoms with Gasteiger partial charge < -0.3 is 5.11 Å². The Hall–Kier alpha value is -0.570. The van der Waals surface area contributed by atoms with Gasteiger partial charge in [0.05, 0.1) is 5.92 Å². The fourth-order valence-corrected chi connectivity index (χ4v) is 2.58. The Morgan fingerprint density at radius 3 is 2.44 bits per heavy atom. The van der Waals surface area contributed by atoms with Gasteiger partial charge in [-0.15, -0.1) is 0 Å². The molecule has 1 aliphatic heterocycles. The van der Waals surface area contributed by atoms with Crippen molar-refractivity contribution in [2.45, 2.75) is 58.4 Å². The molecule has 1 unspecified atom stereocenters. The Kier molecular flexibility index (Phi) is 4.78. The summed E-state index contributed by atoms with van der Waals surface area (Å²) < 4.78 is 0. The zero-order chi connectivity index (χ0) is 12.2. The Balaban J connectivity index is 2.62. The Labute approximate surface area is 98.8 Å². The van der Waals surface area contributed by atoms with Gasteiger partial charge in [0.15, 0.2) is 0 Å². The quantitative estimate of drug-likeness (QED) is 0.803. The molecule has 16 heavy (non-hydrogen) atoms. The van der Waals surface area contributed by atoms with Crippen molar-refractivity contribution in [3.63, 3.8) is 0 Å². The van der Waals surface area contributed by atoms with Gasteiger partial charge >= 0.3 is 5.97 Å². The Morgan fingerprint density at radius 2 is 1.94 bits per heavy atom. The van der Waals surface area contributed by atoms with Gasteiger partial charge in [-0.05, 0) is 52.1 Å². The van der Waals surface area contributed by atoms with E-state index in [4.69, 9.17) is 5.11 Å². The summed E-state index contributed by atoms with van der Waals surface area (Å²) in [5.74, 6) is -0.737. The maximum atomic E-state index is 11.0. The van der Waals surface area contributed by atoms with E-state index in [1.807, 2.05) is 0 Å². The normalized spacial score (nSPS) is 24.1. The molecule has 1 atom stereocenters. The molecule has 0 aliphatic carbocycles. The van der Waals surface area contributed by atoms with Crippen molar-refractivity contribution in [3.8, 4) is 0 Å². The molecule has 1 N–H and O–H groups in total. The van der Waals surface area contributed by atoms with Gasteiger partial charge in [-0.1, -0.05) is 13.8 Å². The number of rotatable bonds is 4. The van der Waals surface area contributed by atoms with E-state index in [9.17, 15) is 4.79 Å². The number of likely N-dealkylation sites (tertiary alicyclic amines) is 1. The van der Waals surface area contributed by atoms with Crippen LogP contribution >= 0.6 is 0 Å². The largest absolute Gasteiger partial charge is 0.481 e. The summed E-state index contributed by atoms with van der Waals surface area (Å²) in [5, 5.41) is 9.05. The molecular weight excluding hydrogens is 202 g/mol. The van der Waals surface area contributed by atoms with Crippen LogP contribution in [0.4, 0.5) is 0 Å². The van der Waals surface area contributed by atoms with E-state index in [0.717, 1.165) is 45.2 Å². The lowest BCUT2D eigenvalue weighted by Gasteiger charge is -2.40. The van der Waals surface area contributed by atoms with E-state index < -0.39 is 5.97 Å². The highest BCUT2D eigenvalue weighted by molar-refractivity contribution is 5.69. The van der Waals surface area contributed by atoms with Gasteiger partial charge in [0, 0.05) is 5.54 Å². The molecule has 0 saturated carbocycles. The number of hydrogen-bond donors (Lipinski definition) is 1. The molecule has 0 amide bonds. The number of nitrogens with zero attached hydrogens (tertiary/aromatic N) is 1. The van der Waals surface area contributed by atoms with E-state index in [1.165, 1.54) is 0 Å². The third-order valence-corrected chi connectivity index (χ3v) is 4.36. The first kappa shape index (κ1) is 13.5. The van der Waals surface area contributed by atoms with Crippen molar-refractivity contribution in [1.29, 1.82) is 0 Å². The molecular formula is C13H25NO2. The predicted molar refractivity (Wildman–Crippen MR) is 65.5 cm³/mol. The van der Waals surface area contributed by atoms with Crippen LogP contribution in [0, 0.1) is 5.92 Å². The van der Waals surface area contributed by atoms with Gasteiger partial charge in [0.2, 0.25) is 0 Å². The number of carbonyl (C=O) groups is 1. The lowest BCUT2D eigenvalue weighted by atomic mass is 9.92. The first-order chi connectivity index (χ1) is 7.53. The molecule has 1 fully saturated rings. The van der Waals surface area contributed by atoms with Crippen LogP contribution in [0.3, 0.4) is 0 Å². The Bertz CT molecular complexity index is 236. The van der Waals surface area contributed by atoms with Crippen LogP contribution < -0.4 is 0 Å². The van der Waals surface area contributed by atoms with Crippen molar-refractivity contribution in [3.05, 3.63) is 0 Å². The zero-order valence-corrected chi connectivity index (χ0v) is 10.8. The third-order valence-electron chi connectivity index (χ3n) is 4.36. The summed E-state index contributed by atoms with van der Waals surface area (Å²) in [4.78, 5) is 13.5. The third kappa shape index (κ3) is 2.97. The fraction of sp³-hybridized carbons (Fsp3) is 0.923. The summed E-state index contributed by atoms with van der Waals surface area (Å²) in [6.45, 7) is 8.75. The number of aliphatic carboxylic acids is 1. The second kappa shape index (κ2) is 5.67. The van der Waals surface area contributed by atoms with Gasteiger partial charge in [0.1, 0.15) is 0 Å². The van der Waals surface area contributed by atoms with Crippen LogP contribution in [0.1, 0.15) is 52.9 Å². The second-order valence-electron chi connectivity index (χ2n) is 5.16. The second-order valence-corrected chi connectivity index (χ2v) is 5.16. The molecule has 1 aliphatic rings. The molecule has 0 aromatic heterocycles. The topological polar surface area (TPSA) is 40.5 Å². The monoisotopic (exact) mass is 227 g/mol. The van der Waals surface area contributed by atoms with Gasteiger partial charge in [-0.3, -0.25) is 9.69 Å². The molecule has 94 valence electrons. The minimum atomic E-state index is -0.614. The van der Waals surface area contributed by atoms with E-state index in [1.54, 1.807) is 0 Å². The lowest BCUT2D eigenvalue weighted by Crippen LogP contribution is -2.46. The standard InChI is InChI=1S/C13H25NO2/c1-4-13(3,5-2)14-9-6-7-11(8-10-14)12(15)16/h11H,4-10H2,1-3H3,(H,15,16). The summed E-state index contributed by atoms with van der Waals surface area (Å²) in [5.41, 5.74) is 0.257. The zero-order valence-electron chi connectivity index (χ0n) is 10.8. The number of carboxylic acid groups (broad SMARTS) is 1. The first-order valence-electron chi connectivity index (χ1n) is 6.51. The summed E-state index contributed by atoms with van der Waals surface area (Å²) >= 11 is 0. The average molecular weight is 227 g/mol. The van der Waals surface area contributed by atoms with Crippen molar-refractivity contribution in [2.24, 2.45) is 5.92 Å². The molecule has 1 rings (SSSR count). The van der Waals surface area contributed by atoms with Crippen molar-refractivity contribution in [1.82, 2.24) is 4.90 Å². The highest BCUT2D eigenvalue weighted by atomic mass is 16.4. The van der Waals surface area contributed by atoms with E-state index in [0.29, 0.717) is 0 Å². The molecule has 0 spiro atoms. The average Bonchev–Trinajstić information content (AvgIpc) is 2.53. The van der Waals surface area contributed by atoms with Crippen molar-refractivity contribution >= 4 is 5.97 Å². The minimum absolute atomic E-state index is 0.122. The molecule has 0 bridgehead atoms. The lowest BCUT2D eigenvalue weighted by molar-refractivity contribution is -0.142. The van der Waals surface area contributed by atoms with Gasteiger partial charge in [-0.2, -0.15) is 0 Å². The molecule has 0 aromatic rings. The van der Waals surface area contributed by atoms with Crippen molar-refractivity contribution in [2.75, 3.05) is 13.1 Å². The van der Waals surface area contributed by atoms with Gasteiger partial charge in [-0.25, -0.2) is 0 Å². The predicted octanol–water partition coefficient (Wildman–Crippen LogP) is 2.75. The number of carboxylic acids is 1. The van der Waals surface area contributed by atoms with Crippen LogP contribution in [0.25, 0.3) is 0 Å². The van der Waals surface area contributed by atoms with Crippen LogP contribution in [0.15, 0.2) is 0 Å². The van der Waals surface area contributed by atoms with Crippen LogP contribution in [-0.2, 0) is 4.79 Å².